The first-order chi connectivity index (χ1) is 13.0. The molecule has 1 N–H and O–H groups in total. The molecule has 6 heteroatoms. The van der Waals surface area contributed by atoms with Gasteiger partial charge in [-0.3, -0.25) is 4.79 Å². The molecular formula is C21H23N3OS2. The van der Waals surface area contributed by atoms with Crippen LogP contribution in [0.1, 0.15) is 41.3 Å². The third-order valence-electron chi connectivity index (χ3n) is 5.10. The quantitative estimate of drug-likeness (QED) is 0.479. The number of nitrogens with zero attached hydrogens (tertiary/aromatic N) is 2. The van der Waals surface area contributed by atoms with E-state index >= 15 is 0 Å². The van der Waals surface area contributed by atoms with Crippen LogP contribution in [0.3, 0.4) is 0 Å². The monoisotopic (exact) mass is 397 g/mol. The summed E-state index contributed by atoms with van der Waals surface area (Å²) in [6.07, 6.45) is 6.34. The number of anilines is 1. The topological polar surface area (TPSA) is 54.9 Å². The predicted octanol–water partition coefficient (Wildman–Crippen LogP) is 5.31. The highest BCUT2D eigenvalue weighted by molar-refractivity contribution is 8.00. The van der Waals surface area contributed by atoms with Gasteiger partial charge in [0.25, 0.3) is 0 Å². The Labute approximate surface area is 167 Å². The molecule has 1 aliphatic rings. The maximum absolute atomic E-state index is 12.8. The summed E-state index contributed by atoms with van der Waals surface area (Å²) in [4.78, 5) is 24.3. The van der Waals surface area contributed by atoms with E-state index in [0.29, 0.717) is 0 Å². The largest absolute Gasteiger partial charge is 0.325 e. The van der Waals surface area contributed by atoms with Crippen LogP contribution >= 0.6 is 23.1 Å². The van der Waals surface area contributed by atoms with E-state index in [0.717, 1.165) is 39.5 Å². The maximum atomic E-state index is 12.8. The summed E-state index contributed by atoms with van der Waals surface area (Å²) in [5, 5.41) is 4.98. The van der Waals surface area contributed by atoms with Gasteiger partial charge in [0.1, 0.15) is 16.2 Å². The van der Waals surface area contributed by atoms with Gasteiger partial charge in [0.2, 0.25) is 5.91 Å². The number of amides is 1. The highest BCUT2D eigenvalue weighted by Gasteiger charge is 2.23. The van der Waals surface area contributed by atoms with Gasteiger partial charge < -0.3 is 5.32 Å². The Morgan fingerprint density at radius 2 is 1.93 bits per heavy atom. The fourth-order valence-electron chi connectivity index (χ4n) is 3.61. The lowest BCUT2D eigenvalue weighted by Gasteiger charge is -2.16. The van der Waals surface area contributed by atoms with Crippen LogP contribution < -0.4 is 5.32 Å². The molecule has 4 rings (SSSR count). The molecule has 0 aliphatic heterocycles. The van der Waals surface area contributed by atoms with Gasteiger partial charge in [-0.15, -0.1) is 11.3 Å². The van der Waals surface area contributed by atoms with Gasteiger partial charge in [-0.2, -0.15) is 0 Å². The minimum absolute atomic E-state index is 0.00765. The summed E-state index contributed by atoms with van der Waals surface area (Å²) in [6.45, 7) is 5.98. The Bertz CT molecular complexity index is 992. The van der Waals surface area contributed by atoms with Crippen LogP contribution in [0.4, 0.5) is 5.69 Å². The summed E-state index contributed by atoms with van der Waals surface area (Å²) >= 11 is 3.32. The molecule has 0 unspecified atom stereocenters. The van der Waals surface area contributed by atoms with Gasteiger partial charge in [0.15, 0.2) is 0 Å². The predicted molar refractivity (Wildman–Crippen MR) is 114 cm³/mol. The van der Waals surface area contributed by atoms with Crippen LogP contribution in [0.5, 0.6) is 0 Å². The molecule has 1 aromatic carbocycles. The Balaban J connectivity index is 1.58. The third kappa shape index (κ3) is 3.60. The molecule has 0 saturated carbocycles. The van der Waals surface area contributed by atoms with Crippen molar-refractivity contribution in [3.05, 3.63) is 46.1 Å². The van der Waals surface area contributed by atoms with Gasteiger partial charge in [-0.05, 0) is 63.1 Å². The average molecular weight is 398 g/mol. The Morgan fingerprint density at radius 1 is 1.19 bits per heavy atom. The molecule has 4 nitrogen and oxygen atoms in total. The molecule has 0 fully saturated rings. The molecule has 0 saturated heterocycles. The molecule has 0 radical (unpaired) electrons. The van der Waals surface area contributed by atoms with Crippen molar-refractivity contribution in [2.45, 2.75) is 56.7 Å². The van der Waals surface area contributed by atoms with Crippen molar-refractivity contribution >= 4 is 44.9 Å². The summed E-state index contributed by atoms with van der Waals surface area (Å²) in [6, 6.07) is 6.05. The number of thiophene rings is 1. The SMILES string of the molecule is Cc1cccc(C)c1NC(=O)[C@@H](C)Sc1ncnc2sc3c(c12)CCCC3. The molecule has 1 amide bonds. The number of aromatic nitrogens is 2. The second-order valence-electron chi connectivity index (χ2n) is 7.09. The van der Waals surface area contributed by atoms with Crippen LogP contribution in [0, 0.1) is 13.8 Å². The Morgan fingerprint density at radius 3 is 2.70 bits per heavy atom. The average Bonchev–Trinajstić information content (AvgIpc) is 3.04. The van der Waals surface area contributed by atoms with E-state index in [1.807, 2.05) is 39.0 Å². The van der Waals surface area contributed by atoms with Gasteiger partial charge in [-0.1, -0.05) is 30.0 Å². The zero-order valence-corrected chi connectivity index (χ0v) is 17.5. The van der Waals surface area contributed by atoms with Crippen LogP contribution in [0.15, 0.2) is 29.6 Å². The van der Waals surface area contributed by atoms with E-state index < -0.39 is 0 Å². The van der Waals surface area contributed by atoms with Gasteiger partial charge in [0, 0.05) is 16.0 Å². The second kappa shape index (κ2) is 7.60. The molecular weight excluding hydrogens is 374 g/mol. The number of hydrogen-bond donors (Lipinski definition) is 1. The summed E-state index contributed by atoms with van der Waals surface area (Å²) in [7, 11) is 0. The van der Waals surface area contributed by atoms with Gasteiger partial charge in [0.05, 0.1) is 5.25 Å². The number of fused-ring (bicyclic) bond motifs is 3. The van der Waals surface area contributed by atoms with Crippen molar-refractivity contribution in [1.29, 1.82) is 0 Å². The molecule has 1 aliphatic carbocycles. The number of hydrogen-bond acceptors (Lipinski definition) is 5. The minimum atomic E-state index is -0.235. The summed E-state index contributed by atoms with van der Waals surface area (Å²) in [5.41, 5.74) is 4.48. The maximum Gasteiger partial charge on any atom is 0.237 e. The smallest absolute Gasteiger partial charge is 0.237 e. The van der Waals surface area contributed by atoms with E-state index in [1.165, 1.54) is 40.4 Å². The molecule has 0 spiro atoms. The van der Waals surface area contributed by atoms with Crippen molar-refractivity contribution < 1.29 is 4.79 Å². The fourth-order valence-corrected chi connectivity index (χ4v) is 5.85. The number of aryl methyl sites for hydroxylation is 4. The minimum Gasteiger partial charge on any atom is -0.325 e. The molecule has 27 heavy (non-hydrogen) atoms. The van der Waals surface area contributed by atoms with Crippen LogP contribution in [0.2, 0.25) is 0 Å². The van der Waals surface area contributed by atoms with Crippen molar-refractivity contribution in [2.75, 3.05) is 5.32 Å². The standard InChI is InChI=1S/C21H23N3OS2/c1-12-7-6-8-13(2)18(12)24-19(25)14(3)26-20-17-15-9-4-5-10-16(15)27-21(17)23-11-22-20/h6-8,11,14H,4-5,9-10H2,1-3H3,(H,24,25)/t14-/m1/s1. The van der Waals surface area contributed by atoms with Gasteiger partial charge >= 0.3 is 0 Å². The normalized spacial score (nSPS) is 14.8. The second-order valence-corrected chi connectivity index (χ2v) is 9.50. The summed E-state index contributed by atoms with van der Waals surface area (Å²) < 4.78 is 0. The van der Waals surface area contributed by atoms with E-state index in [-0.39, 0.29) is 11.2 Å². The highest BCUT2D eigenvalue weighted by atomic mass is 32.2. The molecule has 3 aromatic rings. The first-order valence-corrected chi connectivity index (χ1v) is 11.0. The zero-order chi connectivity index (χ0) is 19.0. The number of carbonyl (C=O) groups is 1. The first-order valence-electron chi connectivity index (χ1n) is 9.33. The molecule has 1 atom stereocenters. The summed E-state index contributed by atoms with van der Waals surface area (Å²) in [5.74, 6) is 0.00765. The van der Waals surface area contributed by atoms with Gasteiger partial charge in [-0.25, -0.2) is 9.97 Å². The number of thioether (sulfide) groups is 1. The Hall–Kier alpha value is -1.92. The van der Waals surface area contributed by atoms with E-state index in [9.17, 15) is 4.79 Å². The number of para-hydroxylation sites is 1. The highest BCUT2D eigenvalue weighted by Crippen LogP contribution is 2.40. The van der Waals surface area contributed by atoms with Crippen molar-refractivity contribution in [1.82, 2.24) is 9.97 Å². The lowest BCUT2D eigenvalue weighted by molar-refractivity contribution is -0.115. The molecule has 2 heterocycles. The van der Waals surface area contributed by atoms with Crippen molar-refractivity contribution in [3.8, 4) is 0 Å². The Kier molecular flexibility index (Phi) is 5.19. The number of benzene rings is 1. The number of carbonyl (C=O) groups excluding carboxylic acids is 1. The molecule has 140 valence electrons. The van der Waals surface area contributed by atoms with Crippen LogP contribution in [-0.2, 0) is 17.6 Å². The van der Waals surface area contributed by atoms with Crippen molar-refractivity contribution in [2.24, 2.45) is 0 Å². The van der Waals surface area contributed by atoms with E-state index in [2.05, 4.69) is 15.3 Å². The zero-order valence-electron chi connectivity index (χ0n) is 15.8. The fraction of sp³-hybridized carbons (Fsp3) is 0.381. The van der Waals surface area contributed by atoms with E-state index in [1.54, 1.807) is 17.7 Å². The lowest BCUT2D eigenvalue weighted by atomic mass is 9.97. The first kappa shape index (κ1) is 18.4. The third-order valence-corrected chi connectivity index (χ3v) is 7.40. The molecule has 0 bridgehead atoms. The van der Waals surface area contributed by atoms with Crippen LogP contribution in [-0.4, -0.2) is 21.1 Å². The van der Waals surface area contributed by atoms with Crippen LogP contribution in [0.25, 0.3) is 10.2 Å². The number of rotatable bonds is 4. The lowest BCUT2D eigenvalue weighted by Crippen LogP contribution is -2.23. The molecule has 2 aromatic heterocycles. The number of nitrogens with one attached hydrogen (secondary N) is 1. The van der Waals surface area contributed by atoms with Crippen molar-refractivity contribution in [3.63, 3.8) is 0 Å². The van der Waals surface area contributed by atoms with E-state index in [4.69, 9.17) is 0 Å².